The van der Waals surface area contributed by atoms with Gasteiger partial charge in [0.1, 0.15) is 0 Å². The molecule has 1 unspecified atom stereocenters. The third-order valence-corrected chi connectivity index (χ3v) is 5.12. The number of benzene rings is 2. The second-order valence-electron chi connectivity index (χ2n) is 6.29. The zero-order chi connectivity index (χ0) is 16.2. The standard InChI is InChI=1S/C20H24N2S/c1-14-5-4-6-17(11-14)13-19(22-20-21-9-10-23-20)18-12-15(2)7-8-16(18)3/h4-8,11-12,19H,9-10,13H2,1-3H3,(H,21,22). The van der Waals surface area contributed by atoms with Crippen molar-refractivity contribution in [2.24, 2.45) is 4.99 Å². The lowest BCUT2D eigenvalue weighted by Gasteiger charge is -2.22. The van der Waals surface area contributed by atoms with Crippen molar-refractivity contribution < 1.29 is 0 Å². The third-order valence-electron chi connectivity index (χ3n) is 4.22. The number of hydrogen-bond acceptors (Lipinski definition) is 3. The fourth-order valence-electron chi connectivity index (χ4n) is 3.02. The van der Waals surface area contributed by atoms with Crippen molar-refractivity contribution in [1.82, 2.24) is 5.32 Å². The second-order valence-corrected chi connectivity index (χ2v) is 7.37. The topological polar surface area (TPSA) is 24.4 Å². The Bertz CT molecular complexity index is 721. The molecule has 0 aliphatic carbocycles. The van der Waals surface area contributed by atoms with Crippen molar-refractivity contribution >= 4 is 16.9 Å². The molecule has 0 saturated carbocycles. The van der Waals surface area contributed by atoms with Crippen LogP contribution in [0.2, 0.25) is 0 Å². The van der Waals surface area contributed by atoms with E-state index in [4.69, 9.17) is 0 Å². The Kier molecular flexibility index (Phi) is 5.06. The Labute approximate surface area is 143 Å². The molecule has 23 heavy (non-hydrogen) atoms. The van der Waals surface area contributed by atoms with Gasteiger partial charge in [0.2, 0.25) is 0 Å². The maximum Gasteiger partial charge on any atom is 0.157 e. The van der Waals surface area contributed by atoms with Crippen LogP contribution >= 0.6 is 11.8 Å². The molecule has 0 aromatic heterocycles. The Morgan fingerprint density at radius 2 is 1.91 bits per heavy atom. The molecule has 0 spiro atoms. The maximum absolute atomic E-state index is 4.58. The van der Waals surface area contributed by atoms with Gasteiger partial charge >= 0.3 is 0 Å². The SMILES string of the molecule is Cc1cccc(CC(NC2=NCCS2)c2cc(C)ccc2C)c1. The predicted molar refractivity (Wildman–Crippen MR) is 101 cm³/mol. The predicted octanol–water partition coefficient (Wildman–Crippen LogP) is 4.59. The Morgan fingerprint density at radius 3 is 2.65 bits per heavy atom. The molecule has 3 heteroatoms. The van der Waals surface area contributed by atoms with Gasteiger partial charge in [0.05, 0.1) is 12.6 Å². The van der Waals surface area contributed by atoms with E-state index >= 15 is 0 Å². The van der Waals surface area contributed by atoms with E-state index < -0.39 is 0 Å². The summed E-state index contributed by atoms with van der Waals surface area (Å²) in [6.45, 7) is 7.44. The van der Waals surface area contributed by atoms with Crippen molar-refractivity contribution in [1.29, 1.82) is 0 Å². The van der Waals surface area contributed by atoms with Crippen LogP contribution in [-0.4, -0.2) is 17.5 Å². The maximum atomic E-state index is 4.58. The minimum atomic E-state index is 0.265. The number of aliphatic imine (C=N–C) groups is 1. The molecule has 1 atom stereocenters. The molecule has 2 aromatic carbocycles. The molecule has 3 rings (SSSR count). The molecule has 0 saturated heterocycles. The van der Waals surface area contributed by atoms with Gasteiger partial charge in [-0.2, -0.15) is 0 Å². The average molecular weight is 324 g/mol. The summed E-state index contributed by atoms with van der Waals surface area (Å²) in [5.41, 5.74) is 6.70. The molecule has 0 bridgehead atoms. The summed E-state index contributed by atoms with van der Waals surface area (Å²) in [6, 6.07) is 15.8. The number of nitrogens with zero attached hydrogens (tertiary/aromatic N) is 1. The van der Waals surface area contributed by atoms with Gasteiger partial charge in [0.25, 0.3) is 0 Å². The third kappa shape index (κ3) is 4.17. The fourth-order valence-corrected chi connectivity index (χ4v) is 3.80. The van der Waals surface area contributed by atoms with Crippen LogP contribution in [-0.2, 0) is 6.42 Å². The van der Waals surface area contributed by atoms with Gasteiger partial charge in [0.15, 0.2) is 5.17 Å². The lowest BCUT2D eigenvalue weighted by Crippen LogP contribution is -2.27. The summed E-state index contributed by atoms with van der Waals surface area (Å²) in [5, 5.41) is 4.77. The van der Waals surface area contributed by atoms with Gasteiger partial charge in [-0.3, -0.25) is 4.99 Å². The normalized spacial score (nSPS) is 15.3. The van der Waals surface area contributed by atoms with Crippen molar-refractivity contribution in [3.8, 4) is 0 Å². The highest BCUT2D eigenvalue weighted by molar-refractivity contribution is 8.14. The zero-order valence-corrected chi connectivity index (χ0v) is 14.9. The van der Waals surface area contributed by atoms with Gasteiger partial charge in [-0.25, -0.2) is 0 Å². The second kappa shape index (κ2) is 7.22. The number of nitrogens with one attached hydrogen (secondary N) is 1. The summed E-state index contributed by atoms with van der Waals surface area (Å²) >= 11 is 1.83. The Morgan fingerprint density at radius 1 is 1.09 bits per heavy atom. The first-order valence-corrected chi connectivity index (χ1v) is 9.17. The average Bonchev–Trinajstić information content (AvgIpc) is 3.02. The van der Waals surface area contributed by atoms with E-state index in [1.54, 1.807) is 0 Å². The highest BCUT2D eigenvalue weighted by atomic mass is 32.2. The molecule has 1 heterocycles. The Balaban J connectivity index is 1.90. The van der Waals surface area contributed by atoms with Crippen molar-refractivity contribution in [2.75, 3.05) is 12.3 Å². The van der Waals surface area contributed by atoms with Crippen molar-refractivity contribution in [2.45, 2.75) is 33.2 Å². The molecule has 1 aliphatic rings. The first-order valence-electron chi connectivity index (χ1n) is 8.18. The van der Waals surface area contributed by atoms with E-state index in [1.807, 2.05) is 11.8 Å². The van der Waals surface area contributed by atoms with E-state index in [1.165, 1.54) is 27.8 Å². The summed E-state index contributed by atoms with van der Waals surface area (Å²) in [7, 11) is 0. The smallest absolute Gasteiger partial charge is 0.157 e. The van der Waals surface area contributed by atoms with Crippen LogP contribution in [0.1, 0.15) is 33.9 Å². The molecule has 1 N–H and O–H groups in total. The highest BCUT2D eigenvalue weighted by Gasteiger charge is 2.18. The summed E-state index contributed by atoms with van der Waals surface area (Å²) in [4.78, 5) is 4.58. The van der Waals surface area contributed by atoms with Crippen LogP contribution in [0.15, 0.2) is 47.5 Å². The van der Waals surface area contributed by atoms with Crippen LogP contribution < -0.4 is 5.32 Å². The monoisotopic (exact) mass is 324 g/mol. The summed E-state index contributed by atoms with van der Waals surface area (Å²) < 4.78 is 0. The van der Waals surface area contributed by atoms with Gasteiger partial charge < -0.3 is 5.32 Å². The molecule has 120 valence electrons. The van der Waals surface area contributed by atoms with Crippen LogP contribution in [0.4, 0.5) is 0 Å². The molecule has 0 radical (unpaired) electrons. The van der Waals surface area contributed by atoms with Crippen molar-refractivity contribution in [3.05, 3.63) is 70.3 Å². The summed E-state index contributed by atoms with van der Waals surface area (Å²) in [6.07, 6.45) is 0.978. The molecule has 2 nitrogen and oxygen atoms in total. The molecular weight excluding hydrogens is 300 g/mol. The number of hydrogen-bond donors (Lipinski definition) is 1. The quantitative estimate of drug-likeness (QED) is 0.889. The van der Waals surface area contributed by atoms with Crippen LogP contribution in [0.3, 0.4) is 0 Å². The first kappa shape index (κ1) is 16.1. The van der Waals surface area contributed by atoms with Crippen LogP contribution in [0.25, 0.3) is 0 Å². The summed E-state index contributed by atoms with van der Waals surface area (Å²) in [5.74, 6) is 1.09. The lowest BCUT2D eigenvalue weighted by molar-refractivity contribution is 0.643. The van der Waals surface area contributed by atoms with Crippen LogP contribution in [0.5, 0.6) is 0 Å². The van der Waals surface area contributed by atoms with Gasteiger partial charge in [-0.05, 0) is 43.9 Å². The minimum Gasteiger partial charge on any atom is -0.358 e. The molecule has 1 aliphatic heterocycles. The lowest BCUT2D eigenvalue weighted by atomic mass is 9.93. The van der Waals surface area contributed by atoms with E-state index in [0.29, 0.717) is 0 Å². The number of amidine groups is 1. The van der Waals surface area contributed by atoms with E-state index in [-0.39, 0.29) is 6.04 Å². The zero-order valence-electron chi connectivity index (χ0n) is 14.1. The van der Waals surface area contributed by atoms with E-state index in [9.17, 15) is 0 Å². The van der Waals surface area contributed by atoms with Crippen molar-refractivity contribution in [3.63, 3.8) is 0 Å². The minimum absolute atomic E-state index is 0.265. The number of rotatable bonds is 4. The van der Waals surface area contributed by atoms with Gasteiger partial charge in [0, 0.05) is 5.75 Å². The molecule has 2 aromatic rings. The largest absolute Gasteiger partial charge is 0.358 e. The number of aryl methyl sites for hydroxylation is 3. The van der Waals surface area contributed by atoms with Gasteiger partial charge in [-0.1, -0.05) is 65.4 Å². The highest BCUT2D eigenvalue weighted by Crippen LogP contribution is 2.25. The number of thioether (sulfide) groups is 1. The fraction of sp³-hybridized carbons (Fsp3) is 0.350. The molecule has 0 fully saturated rings. The first-order chi connectivity index (χ1) is 11.1. The van der Waals surface area contributed by atoms with E-state index in [2.05, 4.69) is 73.5 Å². The van der Waals surface area contributed by atoms with Crippen LogP contribution in [0, 0.1) is 20.8 Å². The van der Waals surface area contributed by atoms with Gasteiger partial charge in [-0.15, -0.1) is 0 Å². The van der Waals surface area contributed by atoms with E-state index in [0.717, 1.165) is 23.9 Å². The Hall–Kier alpha value is -1.74. The molecular formula is C20H24N2S. The molecule has 0 amide bonds.